The van der Waals surface area contributed by atoms with Gasteiger partial charge >= 0.3 is 0 Å². The van der Waals surface area contributed by atoms with Gasteiger partial charge in [0, 0.05) is 18.0 Å². The normalized spacial score (nSPS) is 12.3. The molecule has 7 nitrogen and oxygen atoms in total. The molecule has 0 aliphatic heterocycles. The molecule has 0 aliphatic carbocycles. The third-order valence-corrected chi connectivity index (χ3v) is 7.76. The van der Waals surface area contributed by atoms with Crippen molar-refractivity contribution < 1.29 is 17.6 Å². The molecule has 4 aromatic rings. The fraction of sp³-hybridized carbons (Fsp3) is 0.259. The molecule has 0 radical (unpaired) electrons. The molecule has 0 saturated carbocycles. The second-order valence-electron chi connectivity index (χ2n) is 9.54. The average Bonchev–Trinajstić information content (AvgIpc) is 3.26. The molecule has 0 spiro atoms. The van der Waals surface area contributed by atoms with Crippen LogP contribution >= 0.6 is 0 Å². The van der Waals surface area contributed by atoms with Crippen molar-refractivity contribution in [2.45, 2.75) is 38.0 Å². The Morgan fingerprint density at radius 3 is 2.31 bits per heavy atom. The van der Waals surface area contributed by atoms with E-state index in [1.807, 2.05) is 45.0 Å². The maximum atomic E-state index is 13.5. The molecule has 4 rings (SSSR count). The highest BCUT2D eigenvalue weighted by molar-refractivity contribution is 7.89. The number of halogens is 1. The molecule has 188 valence electrons. The Morgan fingerprint density at radius 1 is 1.00 bits per heavy atom. The summed E-state index contributed by atoms with van der Waals surface area (Å²) < 4.78 is 42.8. The zero-order chi connectivity index (χ0) is 26.1. The molecule has 0 saturated heterocycles. The first kappa shape index (κ1) is 25.5. The van der Waals surface area contributed by atoms with E-state index < -0.39 is 15.9 Å². The van der Waals surface area contributed by atoms with Crippen LogP contribution in [0.1, 0.15) is 33.4 Å². The first-order valence-corrected chi connectivity index (χ1v) is 13.1. The van der Waals surface area contributed by atoms with Gasteiger partial charge in [0.05, 0.1) is 22.8 Å². The first-order valence-electron chi connectivity index (χ1n) is 11.6. The Morgan fingerprint density at radius 2 is 1.67 bits per heavy atom. The van der Waals surface area contributed by atoms with E-state index in [0.717, 1.165) is 20.8 Å². The van der Waals surface area contributed by atoms with E-state index in [9.17, 15) is 17.6 Å². The molecule has 36 heavy (non-hydrogen) atoms. The third kappa shape index (κ3) is 5.32. The smallest absolute Gasteiger partial charge is 0.243 e. The van der Waals surface area contributed by atoms with Gasteiger partial charge in [0.15, 0.2) is 0 Å². The fourth-order valence-electron chi connectivity index (χ4n) is 3.80. The Hall–Kier alpha value is -3.56. The van der Waals surface area contributed by atoms with Gasteiger partial charge in [0.1, 0.15) is 11.6 Å². The number of nitrogens with one attached hydrogen (secondary N) is 1. The van der Waals surface area contributed by atoms with Crippen molar-refractivity contribution >= 4 is 32.5 Å². The van der Waals surface area contributed by atoms with Crippen molar-refractivity contribution in [1.82, 2.24) is 14.1 Å². The van der Waals surface area contributed by atoms with Crippen LogP contribution in [0.5, 0.6) is 0 Å². The summed E-state index contributed by atoms with van der Waals surface area (Å²) in [5, 5.41) is 9.14. The van der Waals surface area contributed by atoms with Gasteiger partial charge in [-0.05, 0) is 47.2 Å². The second kappa shape index (κ2) is 9.83. The molecule has 0 aliphatic rings. The van der Waals surface area contributed by atoms with E-state index in [2.05, 4.69) is 10.4 Å². The first-order chi connectivity index (χ1) is 17.0. The predicted molar refractivity (Wildman–Crippen MR) is 139 cm³/mol. The van der Waals surface area contributed by atoms with E-state index in [0.29, 0.717) is 11.5 Å². The molecule has 1 amide bonds. The molecule has 0 unspecified atom stereocenters. The van der Waals surface area contributed by atoms with Crippen LogP contribution in [0.15, 0.2) is 77.7 Å². The molecule has 0 fully saturated rings. The monoisotopic (exact) mass is 508 g/mol. The fourth-order valence-corrected chi connectivity index (χ4v) is 5.24. The van der Waals surface area contributed by atoms with Gasteiger partial charge in [-0.3, -0.25) is 4.79 Å². The maximum Gasteiger partial charge on any atom is 0.243 e. The highest BCUT2D eigenvalue weighted by Crippen LogP contribution is 2.27. The lowest BCUT2D eigenvalue weighted by Gasteiger charge is -2.20. The highest BCUT2D eigenvalue weighted by Gasteiger charge is 2.27. The van der Waals surface area contributed by atoms with Crippen LogP contribution in [0.3, 0.4) is 0 Å². The number of nitrogens with zero attached hydrogens (tertiary/aromatic N) is 3. The minimum absolute atomic E-state index is 0.118. The molecule has 9 heteroatoms. The number of anilines is 1. The topological polar surface area (TPSA) is 84.3 Å². The van der Waals surface area contributed by atoms with Crippen molar-refractivity contribution in [3.63, 3.8) is 0 Å². The molecule has 3 aromatic carbocycles. The van der Waals surface area contributed by atoms with Crippen LogP contribution in [-0.4, -0.2) is 41.5 Å². The maximum absolute atomic E-state index is 13.5. The van der Waals surface area contributed by atoms with E-state index in [4.69, 9.17) is 0 Å². The Bertz CT molecular complexity index is 1510. The van der Waals surface area contributed by atoms with Crippen LogP contribution in [0.4, 0.5) is 10.2 Å². The lowest BCUT2D eigenvalue weighted by molar-refractivity contribution is -0.116. The predicted octanol–water partition coefficient (Wildman–Crippen LogP) is 5.11. The van der Waals surface area contributed by atoms with Crippen molar-refractivity contribution in [3.8, 4) is 5.69 Å². The van der Waals surface area contributed by atoms with Gasteiger partial charge < -0.3 is 5.32 Å². The van der Waals surface area contributed by atoms with Gasteiger partial charge in [-0.25, -0.2) is 17.5 Å². The van der Waals surface area contributed by atoms with Crippen LogP contribution in [0, 0.1) is 5.82 Å². The molecular weight excluding hydrogens is 479 g/mol. The number of aromatic nitrogens is 2. The van der Waals surface area contributed by atoms with E-state index >= 15 is 0 Å². The number of amides is 1. The number of fused-ring (bicyclic) bond motifs is 1. The minimum atomic E-state index is -3.91. The summed E-state index contributed by atoms with van der Waals surface area (Å²) in [5.41, 5.74) is 0.983. The van der Waals surface area contributed by atoms with Gasteiger partial charge in [0.25, 0.3) is 0 Å². The summed E-state index contributed by atoms with van der Waals surface area (Å²) in [7, 11) is -3.91. The highest BCUT2D eigenvalue weighted by atomic mass is 32.2. The average molecular weight is 509 g/mol. The van der Waals surface area contributed by atoms with Gasteiger partial charge in [-0.2, -0.15) is 9.40 Å². The van der Waals surface area contributed by atoms with E-state index in [1.165, 1.54) is 16.8 Å². The summed E-state index contributed by atoms with van der Waals surface area (Å²) in [6, 6.07) is 19.9. The van der Waals surface area contributed by atoms with Crippen molar-refractivity contribution in [2.75, 3.05) is 18.4 Å². The summed E-state index contributed by atoms with van der Waals surface area (Å²) in [6.07, 6.45) is 0. The second-order valence-corrected chi connectivity index (χ2v) is 11.5. The number of likely N-dealkylation sites (N-methyl/N-ethyl adjacent to an activating group) is 1. The number of sulfonamides is 1. The SMILES string of the molecule is CCN(CC(=O)Nc1cc(C(C)(C)C)nn1-c1ccc(F)cc1)S(=O)(=O)c1ccc2ccccc2c1. The van der Waals surface area contributed by atoms with Gasteiger partial charge in [-0.15, -0.1) is 0 Å². The van der Waals surface area contributed by atoms with Gasteiger partial charge in [0.2, 0.25) is 15.9 Å². The quantitative estimate of drug-likeness (QED) is 0.376. The van der Waals surface area contributed by atoms with Crippen LogP contribution < -0.4 is 5.32 Å². The van der Waals surface area contributed by atoms with Crippen LogP contribution in [0.25, 0.3) is 16.5 Å². The lowest BCUT2D eigenvalue weighted by Crippen LogP contribution is -2.38. The molecule has 0 bridgehead atoms. The zero-order valence-electron chi connectivity index (χ0n) is 20.7. The van der Waals surface area contributed by atoms with E-state index in [-0.39, 0.29) is 29.2 Å². The third-order valence-electron chi connectivity index (χ3n) is 5.85. The van der Waals surface area contributed by atoms with Gasteiger partial charge in [-0.1, -0.05) is 58.0 Å². The number of hydrogen-bond donors (Lipinski definition) is 1. The summed E-state index contributed by atoms with van der Waals surface area (Å²) >= 11 is 0. The minimum Gasteiger partial charge on any atom is -0.309 e. The molecule has 1 N–H and O–H groups in total. The number of hydrogen-bond acceptors (Lipinski definition) is 4. The number of benzene rings is 3. The summed E-state index contributed by atoms with van der Waals surface area (Å²) in [4.78, 5) is 13.2. The number of rotatable bonds is 7. The van der Waals surface area contributed by atoms with Crippen molar-refractivity contribution in [2.24, 2.45) is 0 Å². The zero-order valence-corrected chi connectivity index (χ0v) is 21.5. The Balaban J connectivity index is 1.60. The number of carbonyl (C=O) groups is 1. The lowest BCUT2D eigenvalue weighted by atomic mass is 9.92. The van der Waals surface area contributed by atoms with Crippen LogP contribution in [-0.2, 0) is 20.2 Å². The van der Waals surface area contributed by atoms with Crippen molar-refractivity contribution in [1.29, 1.82) is 0 Å². The largest absolute Gasteiger partial charge is 0.309 e. The van der Waals surface area contributed by atoms with Crippen molar-refractivity contribution in [3.05, 3.63) is 84.3 Å². The Labute approximate surface area is 210 Å². The molecule has 1 heterocycles. The van der Waals surface area contributed by atoms with E-state index in [1.54, 1.807) is 43.3 Å². The molecule has 0 atom stereocenters. The number of carbonyl (C=O) groups excluding carboxylic acids is 1. The summed E-state index contributed by atoms with van der Waals surface area (Å²) in [5.74, 6) is -0.523. The standard InChI is InChI=1S/C27H29FN4O3S/c1-5-31(36(34,35)23-15-10-19-8-6-7-9-20(19)16-23)18-26(33)29-25-17-24(27(2,3)4)30-32(25)22-13-11-21(28)12-14-22/h6-17H,5,18H2,1-4H3,(H,29,33). The summed E-state index contributed by atoms with van der Waals surface area (Å²) in [6.45, 7) is 7.41. The molecule has 1 aromatic heterocycles. The molecular formula is C27H29FN4O3S. The van der Waals surface area contributed by atoms with Crippen LogP contribution in [0.2, 0.25) is 0 Å². The Kier molecular flexibility index (Phi) is 6.97.